The molecule has 3 atom stereocenters. The van der Waals surface area contributed by atoms with Crippen LogP contribution in [0.3, 0.4) is 0 Å². The minimum atomic E-state index is -0.535. The summed E-state index contributed by atoms with van der Waals surface area (Å²) in [5.41, 5.74) is 0.994. The van der Waals surface area contributed by atoms with Crippen molar-refractivity contribution in [3.05, 3.63) is 48.0 Å². The third kappa shape index (κ3) is 8.12. The lowest BCUT2D eigenvalue weighted by molar-refractivity contribution is -0.163. The number of carbonyl (C=O) groups excluding carboxylic acids is 2. The SMILES string of the molecule is COC(=O)/C=C/C[C@@H](OC)[C@H](OCc1ccccc1)[C@@H](CBr)OC(C)=O. The zero-order chi connectivity index (χ0) is 19.4. The van der Waals surface area contributed by atoms with E-state index in [0.29, 0.717) is 18.4 Å². The standard InChI is InChI=1S/C19H25BrO6/c1-14(21)26-17(12-20)19(25-13-15-8-5-4-6-9-15)16(23-2)10-7-11-18(22)24-3/h4-9,11,16-17,19H,10,12-13H2,1-3H3/b11-7+/t16-,17-,19+/m1/s1. The highest BCUT2D eigenvalue weighted by Crippen LogP contribution is 2.19. The molecule has 144 valence electrons. The first-order valence-electron chi connectivity index (χ1n) is 8.17. The molecule has 6 nitrogen and oxygen atoms in total. The Hall–Kier alpha value is -1.70. The van der Waals surface area contributed by atoms with E-state index in [4.69, 9.17) is 14.2 Å². The summed E-state index contributed by atoms with van der Waals surface area (Å²) in [6.45, 7) is 1.69. The molecule has 0 spiro atoms. The molecule has 0 saturated heterocycles. The Bertz CT molecular complexity index is 575. The third-order valence-corrected chi connectivity index (χ3v) is 4.25. The van der Waals surface area contributed by atoms with Crippen LogP contribution in [0.4, 0.5) is 0 Å². The van der Waals surface area contributed by atoms with Crippen molar-refractivity contribution in [1.29, 1.82) is 0 Å². The lowest BCUT2D eigenvalue weighted by Gasteiger charge is -2.31. The van der Waals surface area contributed by atoms with Gasteiger partial charge in [0.15, 0.2) is 0 Å². The number of hydrogen-bond acceptors (Lipinski definition) is 6. The van der Waals surface area contributed by atoms with Crippen LogP contribution in [-0.4, -0.2) is 49.8 Å². The number of ether oxygens (including phenoxy) is 4. The maximum absolute atomic E-state index is 11.4. The van der Waals surface area contributed by atoms with Gasteiger partial charge in [-0.1, -0.05) is 52.3 Å². The second-order valence-electron chi connectivity index (χ2n) is 5.50. The number of carbonyl (C=O) groups is 2. The van der Waals surface area contributed by atoms with Crippen LogP contribution in [0.1, 0.15) is 18.9 Å². The van der Waals surface area contributed by atoms with Crippen molar-refractivity contribution in [1.82, 2.24) is 0 Å². The molecular formula is C19H25BrO6. The topological polar surface area (TPSA) is 71.1 Å². The zero-order valence-corrected chi connectivity index (χ0v) is 16.8. The molecule has 1 aromatic carbocycles. The van der Waals surface area contributed by atoms with Crippen molar-refractivity contribution in [2.24, 2.45) is 0 Å². The average Bonchev–Trinajstić information content (AvgIpc) is 2.65. The second kappa shape index (κ2) is 12.6. The summed E-state index contributed by atoms with van der Waals surface area (Å²) in [5, 5.41) is 0.395. The van der Waals surface area contributed by atoms with E-state index in [9.17, 15) is 9.59 Å². The molecule has 0 unspecified atom stereocenters. The monoisotopic (exact) mass is 428 g/mol. The largest absolute Gasteiger partial charge is 0.466 e. The summed E-state index contributed by atoms with van der Waals surface area (Å²) in [4.78, 5) is 22.7. The maximum Gasteiger partial charge on any atom is 0.330 e. The molecular weight excluding hydrogens is 404 g/mol. The first-order chi connectivity index (χ1) is 12.5. The number of esters is 2. The van der Waals surface area contributed by atoms with Crippen molar-refractivity contribution in [2.45, 2.75) is 38.3 Å². The summed E-state index contributed by atoms with van der Waals surface area (Å²) >= 11 is 3.37. The van der Waals surface area contributed by atoms with Crippen molar-refractivity contribution in [3.63, 3.8) is 0 Å². The molecule has 0 N–H and O–H groups in total. The minimum absolute atomic E-state index is 0.344. The number of benzene rings is 1. The highest BCUT2D eigenvalue weighted by atomic mass is 79.9. The van der Waals surface area contributed by atoms with Gasteiger partial charge in [0.2, 0.25) is 0 Å². The van der Waals surface area contributed by atoms with Gasteiger partial charge in [0.25, 0.3) is 0 Å². The molecule has 7 heteroatoms. The highest BCUT2D eigenvalue weighted by Gasteiger charge is 2.32. The van der Waals surface area contributed by atoms with E-state index >= 15 is 0 Å². The fourth-order valence-corrected chi connectivity index (χ4v) is 2.85. The zero-order valence-electron chi connectivity index (χ0n) is 15.2. The van der Waals surface area contributed by atoms with Gasteiger partial charge >= 0.3 is 11.9 Å². The molecule has 0 aliphatic carbocycles. The Morgan fingerprint density at radius 3 is 2.38 bits per heavy atom. The Morgan fingerprint density at radius 1 is 1.15 bits per heavy atom. The van der Waals surface area contributed by atoms with E-state index in [1.165, 1.54) is 20.1 Å². The van der Waals surface area contributed by atoms with E-state index < -0.39 is 30.3 Å². The van der Waals surface area contributed by atoms with Gasteiger partial charge in [-0.2, -0.15) is 0 Å². The molecule has 0 bridgehead atoms. The average molecular weight is 429 g/mol. The minimum Gasteiger partial charge on any atom is -0.466 e. The van der Waals surface area contributed by atoms with Gasteiger partial charge < -0.3 is 18.9 Å². The Balaban J connectivity index is 2.89. The summed E-state index contributed by atoms with van der Waals surface area (Å²) in [7, 11) is 2.86. The van der Waals surface area contributed by atoms with Gasteiger partial charge in [-0.3, -0.25) is 4.79 Å². The predicted molar refractivity (Wildman–Crippen MR) is 101 cm³/mol. The van der Waals surface area contributed by atoms with Crippen LogP contribution in [0.5, 0.6) is 0 Å². The summed E-state index contributed by atoms with van der Waals surface area (Å²) in [5.74, 6) is -0.846. The van der Waals surface area contributed by atoms with E-state index in [0.717, 1.165) is 5.56 Å². The molecule has 0 saturated carbocycles. The van der Waals surface area contributed by atoms with Gasteiger partial charge in [-0.05, 0) is 12.0 Å². The fourth-order valence-electron chi connectivity index (χ4n) is 2.35. The molecule has 0 fully saturated rings. The van der Waals surface area contributed by atoms with E-state index in [1.807, 2.05) is 30.3 Å². The number of alkyl halides is 1. The van der Waals surface area contributed by atoms with E-state index in [1.54, 1.807) is 13.2 Å². The van der Waals surface area contributed by atoms with Gasteiger partial charge in [-0.15, -0.1) is 0 Å². The Labute approximate surface area is 162 Å². The number of hydrogen-bond donors (Lipinski definition) is 0. The highest BCUT2D eigenvalue weighted by molar-refractivity contribution is 9.09. The van der Waals surface area contributed by atoms with E-state index in [-0.39, 0.29) is 0 Å². The molecule has 0 radical (unpaired) electrons. The maximum atomic E-state index is 11.4. The summed E-state index contributed by atoms with van der Waals surface area (Å²) < 4.78 is 21.5. The van der Waals surface area contributed by atoms with Crippen LogP contribution >= 0.6 is 15.9 Å². The molecule has 0 aliphatic heterocycles. The van der Waals surface area contributed by atoms with Crippen LogP contribution in [0, 0.1) is 0 Å². The van der Waals surface area contributed by atoms with Crippen molar-refractivity contribution >= 4 is 27.9 Å². The van der Waals surface area contributed by atoms with Crippen molar-refractivity contribution < 1.29 is 28.5 Å². The molecule has 26 heavy (non-hydrogen) atoms. The van der Waals surface area contributed by atoms with Crippen LogP contribution in [0.15, 0.2) is 42.5 Å². The normalized spacial score (nSPS) is 14.6. The number of rotatable bonds is 11. The predicted octanol–water partition coefficient (Wildman–Crippen LogP) is 3.03. The lowest BCUT2D eigenvalue weighted by Crippen LogP contribution is -2.43. The molecule has 0 aliphatic rings. The first-order valence-corrected chi connectivity index (χ1v) is 9.30. The third-order valence-electron chi connectivity index (χ3n) is 3.61. The van der Waals surface area contributed by atoms with Gasteiger partial charge in [0.1, 0.15) is 12.2 Å². The Kier molecular flexibility index (Phi) is 10.8. The summed E-state index contributed by atoms with van der Waals surface area (Å²) in [6.07, 6.45) is 1.91. The van der Waals surface area contributed by atoms with Gasteiger partial charge in [0, 0.05) is 25.4 Å². The second-order valence-corrected chi connectivity index (χ2v) is 6.15. The van der Waals surface area contributed by atoms with Crippen LogP contribution in [-0.2, 0) is 35.1 Å². The fraction of sp³-hybridized carbons (Fsp3) is 0.474. The molecule has 0 amide bonds. The smallest absolute Gasteiger partial charge is 0.330 e. The van der Waals surface area contributed by atoms with Crippen LogP contribution in [0.2, 0.25) is 0 Å². The van der Waals surface area contributed by atoms with Crippen LogP contribution in [0.25, 0.3) is 0 Å². The van der Waals surface area contributed by atoms with Crippen molar-refractivity contribution in [2.75, 3.05) is 19.5 Å². The number of halogens is 1. The molecule has 1 rings (SSSR count). The van der Waals surface area contributed by atoms with Crippen molar-refractivity contribution in [3.8, 4) is 0 Å². The van der Waals surface area contributed by atoms with E-state index in [2.05, 4.69) is 20.7 Å². The molecule has 1 aromatic rings. The first kappa shape index (κ1) is 22.3. The van der Waals surface area contributed by atoms with Gasteiger partial charge in [-0.25, -0.2) is 4.79 Å². The lowest BCUT2D eigenvalue weighted by atomic mass is 10.0. The summed E-state index contributed by atoms with van der Waals surface area (Å²) in [6, 6.07) is 9.68. The number of methoxy groups -OCH3 is 2. The Morgan fingerprint density at radius 2 is 1.85 bits per heavy atom. The van der Waals surface area contributed by atoms with Crippen LogP contribution < -0.4 is 0 Å². The van der Waals surface area contributed by atoms with Gasteiger partial charge in [0.05, 0.1) is 19.8 Å². The quantitative estimate of drug-likeness (QED) is 0.306. The molecule has 0 heterocycles. The molecule has 0 aromatic heterocycles.